The topological polar surface area (TPSA) is 57.2 Å². The lowest BCUT2D eigenvalue weighted by Crippen LogP contribution is -2.51. The monoisotopic (exact) mass is 574 g/mol. The Kier molecular flexibility index (Phi) is 9.44. The van der Waals surface area contributed by atoms with Gasteiger partial charge >= 0.3 is 0 Å². The molecule has 0 amide bonds. The summed E-state index contributed by atoms with van der Waals surface area (Å²) in [7, 11) is -2.17. The Morgan fingerprint density at radius 1 is 0.829 bits per heavy atom. The molecule has 0 bridgehead atoms. The van der Waals surface area contributed by atoms with Crippen LogP contribution in [-0.4, -0.2) is 50.2 Å². The van der Waals surface area contributed by atoms with E-state index in [-0.39, 0.29) is 11.6 Å². The predicted octanol–water partition coefficient (Wildman–Crippen LogP) is 7.45. The van der Waals surface area contributed by atoms with Gasteiger partial charge in [0.1, 0.15) is 23.9 Å². The van der Waals surface area contributed by atoms with Gasteiger partial charge in [0.25, 0.3) is 0 Å². The van der Waals surface area contributed by atoms with Gasteiger partial charge in [-0.2, -0.15) is 0 Å². The van der Waals surface area contributed by atoms with E-state index in [4.69, 9.17) is 18.6 Å². The SMILES string of the molecule is C=C[C@@H](O[Si](C)(C)C(C)(C)C)[C@@H]1OC(C)(C)O[C@@H]1[C@H](O)COC(c1ccccc1)(c1ccccc1)c1ccccc1. The molecule has 0 spiro atoms. The van der Waals surface area contributed by atoms with Crippen LogP contribution in [0, 0.1) is 0 Å². The quantitative estimate of drug-likeness (QED) is 0.146. The molecule has 3 aromatic carbocycles. The molecule has 5 nitrogen and oxygen atoms in total. The van der Waals surface area contributed by atoms with E-state index in [1.807, 2.05) is 68.4 Å². The fourth-order valence-corrected chi connectivity index (χ4v) is 6.47. The second-order valence-electron chi connectivity index (χ2n) is 12.8. The first kappa shape index (κ1) is 31.4. The molecule has 6 heteroatoms. The highest BCUT2D eigenvalue weighted by Gasteiger charge is 2.51. The summed E-state index contributed by atoms with van der Waals surface area (Å²) in [5.41, 5.74) is 1.95. The van der Waals surface area contributed by atoms with Crippen molar-refractivity contribution in [1.29, 1.82) is 0 Å². The van der Waals surface area contributed by atoms with Crippen LogP contribution < -0.4 is 0 Å². The van der Waals surface area contributed by atoms with Crippen molar-refractivity contribution >= 4 is 8.32 Å². The van der Waals surface area contributed by atoms with Gasteiger partial charge in [-0.1, -0.05) is 118 Å². The van der Waals surface area contributed by atoms with Gasteiger partial charge in [0, 0.05) is 0 Å². The van der Waals surface area contributed by atoms with Crippen LogP contribution in [0.5, 0.6) is 0 Å². The minimum Gasteiger partial charge on any atom is -0.408 e. The van der Waals surface area contributed by atoms with E-state index in [0.29, 0.717) is 0 Å². The predicted molar refractivity (Wildman–Crippen MR) is 167 cm³/mol. The van der Waals surface area contributed by atoms with E-state index >= 15 is 0 Å². The molecule has 0 aromatic heterocycles. The summed E-state index contributed by atoms with van der Waals surface area (Å²) in [6.45, 7) is 18.8. The van der Waals surface area contributed by atoms with Crippen LogP contribution in [-0.2, 0) is 24.2 Å². The first-order valence-corrected chi connectivity index (χ1v) is 17.4. The number of aliphatic hydroxyl groups excluding tert-OH is 1. The van der Waals surface area contributed by atoms with Crippen LogP contribution in [0.2, 0.25) is 18.1 Å². The summed E-state index contributed by atoms with van der Waals surface area (Å²) in [5.74, 6) is -0.899. The highest BCUT2D eigenvalue weighted by atomic mass is 28.4. The zero-order valence-electron chi connectivity index (χ0n) is 25.5. The Balaban J connectivity index is 1.69. The van der Waals surface area contributed by atoms with Gasteiger partial charge in [-0.05, 0) is 48.7 Å². The van der Waals surface area contributed by atoms with Crippen LogP contribution in [0.4, 0.5) is 0 Å². The third-order valence-electron chi connectivity index (χ3n) is 8.35. The van der Waals surface area contributed by atoms with Crippen LogP contribution in [0.3, 0.4) is 0 Å². The maximum absolute atomic E-state index is 11.7. The largest absolute Gasteiger partial charge is 0.408 e. The van der Waals surface area contributed by atoms with E-state index < -0.39 is 44.1 Å². The summed E-state index contributed by atoms with van der Waals surface area (Å²) in [4.78, 5) is 0. The maximum Gasteiger partial charge on any atom is 0.193 e. The molecule has 1 aliphatic heterocycles. The van der Waals surface area contributed by atoms with Crippen molar-refractivity contribution in [2.24, 2.45) is 0 Å². The van der Waals surface area contributed by atoms with Crippen LogP contribution in [0.15, 0.2) is 104 Å². The second kappa shape index (κ2) is 12.3. The molecule has 1 heterocycles. The van der Waals surface area contributed by atoms with Crippen molar-refractivity contribution in [3.05, 3.63) is 120 Å². The smallest absolute Gasteiger partial charge is 0.193 e. The molecule has 0 saturated carbocycles. The molecule has 0 radical (unpaired) electrons. The van der Waals surface area contributed by atoms with Crippen LogP contribution >= 0.6 is 0 Å². The molecular weight excluding hydrogens is 528 g/mol. The van der Waals surface area contributed by atoms with Crippen molar-refractivity contribution < 1.29 is 23.7 Å². The van der Waals surface area contributed by atoms with E-state index in [1.165, 1.54) is 0 Å². The molecule has 0 aliphatic carbocycles. The molecular formula is C35H46O5Si. The highest BCUT2D eigenvalue weighted by Crippen LogP contribution is 2.43. The number of aliphatic hydroxyl groups is 1. The van der Waals surface area contributed by atoms with Gasteiger partial charge in [-0.3, -0.25) is 0 Å². The minimum absolute atomic E-state index is 0.00111. The van der Waals surface area contributed by atoms with E-state index in [1.54, 1.807) is 6.08 Å². The Labute approximate surface area is 247 Å². The molecule has 1 N–H and O–H groups in total. The number of hydrogen-bond donors (Lipinski definition) is 1. The Morgan fingerprint density at radius 3 is 1.63 bits per heavy atom. The summed E-state index contributed by atoms with van der Waals surface area (Å²) in [6.07, 6.45) is -0.895. The van der Waals surface area contributed by atoms with Crippen molar-refractivity contribution in [2.45, 2.75) is 88.6 Å². The zero-order chi connectivity index (χ0) is 29.9. The van der Waals surface area contributed by atoms with E-state index in [2.05, 4.69) is 76.8 Å². The minimum atomic E-state index is -2.17. The fourth-order valence-electron chi connectivity index (χ4n) is 5.21. The van der Waals surface area contributed by atoms with Gasteiger partial charge in [0.05, 0.1) is 12.7 Å². The maximum atomic E-state index is 11.7. The summed E-state index contributed by atoms with van der Waals surface area (Å²) >= 11 is 0. The van der Waals surface area contributed by atoms with Gasteiger partial charge in [0.15, 0.2) is 14.1 Å². The van der Waals surface area contributed by atoms with Gasteiger partial charge in [-0.25, -0.2) is 0 Å². The van der Waals surface area contributed by atoms with Gasteiger partial charge in [-0.15, -0.1) is 6.58 Å². The molecule has 1 saturated heterocycles. The normalized spacial score (nSPS) is 20.9. The Bertz CT molecular complexity index is 1160. The molecule has 1 fully saturated rings. The van der Waals surface area contributed by atoms with E-state index in [9.17, 15) is 5.11 Å². The molecule has 41 heavy (non-hydrogen) atoms. The number of rotatable bonds is 11. The number of hydrogen-bond acceptors (Lipinski definition) is 5. The van der Waals surface area contributed by atoms with Gasteiger partial charge < -0.3 is 23.7 Å². The lowest BCUT2D eigenvalue weighted by molar-refractivity contribution is -0.163. The first-order chi connectivity index (χ1) is 19.3. The Hall–Kier alpha value is -2.58. The molecule has 0 unspecified atom stereocenters. The third kappa shape index (κ3) is 6.74. The highest BCUT2D eigenvalue weighted by molar-refractivity contribution is 6.74. The molecule has 4 rings (SSSR count). The summed E-state index contributed by atoms with van der Waals surface area (Å²) in [5, 5.41) is 11.8. The van der Waals surface area contributed by atoms with Crippen LogP contribution in [0.1, 0.15) is 51.3 Å². The fraction of sp³-hybridized carbons (Fsp3) is 0.429. The molecule has 220 valence electrons. The average molecular weight is 575 g/mol. The van der Waals surface area contributed by atoms with E-state index in [0.717, 1.165) is 16.7 Å². The number of ether oxygens (including phenoxy) is 3. The molecule has 3 aromatic rings. The average Bonchev–Trinajstić information content (AvgIpc) is 3.28. The summed E-state index contributed by atoms with van der Waals surface area (Å²) < 4.78 is 26.3. The second-order valence-corrected chi connectivity index (χ2v) is 17.6. The standard InChI is InChI=1S/C35H46O5Si/c1-9-30(40-41(7,8)33(2,3)4)32-31(38-34(5,6)39-32)29(36)25-37-35(26-19-13-10-14-20-26,27-21-15-11-16-22-27)28-23-17-12-18-24-28/h9-24,29-32,36H,1,25H2,2-8H3/t29-,30-,31-,32+/m1/s1. The van der Waals surface area contributed by atoms with Crippen LogP contribution in [0.25, 0.3) is 0 Å². The van der Waals surface area contributed by atoms with Crippen molar-refractivity contribution in [3.8, 4) is 0 Å². The van der Waals surface area contributed by atoms with Crippen molar-refractivity contribution in [1.82, 2.24) is 0 Å². The third-order valence-corrected chi connectivity index (χ3v) is 12.8. The van der Waals surface area contributed by atoms with Gasteiger partial charge in [0.2, 0.25) is 0 Å². The number of benzene rings is 3. The van der Waals surface area contributed by atoms with Crippen molar-refractivity contribution in [3.63, 3.8) is 0 Å². The molecule has 1 aliphatic rings. The molecule has 4 atom stereocenters. The summed E-state index contributed by atoms with van der Waals surface area (Å²) in [6, 6.07) is 30.4. The lowest BCUT2D eigenvalue weighted by Gasteiger charge is -2.41. The first-order valence-electron chi connectivity index (χ1n) is 14.5. The Morgan fingerprint density at radius 2 is 1.24 bits per heavy atom. The lowest BCUT2D eigenvalue weighted by atomic mass is 9.80. The van der Waals surface area contributed by atoms with Crippen molar-refractivity contribution in [2.75, 3.05) is 6.61 Å². The zero-order valence-corrected chi connectivity index (χ0v) is 26.5.